The van der Waals surface area contributed by atoms with Gasteiger partial charge in [0.15, 0.2) is 0 Å². The molecule has 0 aliphatic carbocycles. The van der Waals surface area contributed by atoms with Gasteiger partial charge in [0.25, 0.3) is 0 Å². The molecule has 2 rings (SSSR count). The van der Waals surface area contributed by atoms with Crippen LogP contribution in [0.15, 0.2) is 36.7 Å². The molecule has 0 saturated carbocycles. The monoisotopic (exact) mass is 319 g/mol. The number of nitrogens with one attached hydrogen (secondary N) is 1. The van der Waals surface area contributed by atoms with E-state index < -0.39 is 5.41 Å². The first-order valence-electron chi connectivity index (χ1n) is 7.44. The largest absolute Gasteiger partial charge is 0.355 e. The fraction of sp³-hybridized carbons (Fsp3) is 0.412. The van der Waals surface area contributed by atoms with E-state index in [1.807, 2.05) is 51.2 Å². The second kappa shape index (κ2) is 6.97. The number of benzene rings is 1. The Morgan fingerprint density at radius 2 is 2.09 bits per heavy atom. The van der Waals surface area contributed by atoms with Crippen molar-refractivity contribution in [3.05, 3.63) is 53.1 Å². The number of carbonyl (C=O) groups is 1. The molecule has 0 spiro atoms. The number of amides is 1. The molecule has 0 atom stereocenters. The van der Waals surface area contributed by atoms with E-state index in [0.29, 0.717) is 11.6 Å². The molecule has 0 unspecified atom stereocenters. The first-order valence-corrected chi connectivity index (χ1v) is 7.82. The summed E-state index contributed by atoms with van der Waals surface area (Å²) in [6.45, 7) is 7.23. The molecule has 0 aliphatic heterocycles. The van der Waals surface area contributed by atoms with Crippen LogP contribution < -0.4 is 5.32 Å². The molecule has 0 saturated heterocycles. The van der Waals surface area contributed by atoms with Crippen molar-refractivity contribution >= 4 is 17.5 Å². The summed E-state index contributed by atoms with van der Waals surface area (Å²) in [6, 6.07) is 7.48. The first-order chi connectivity index (χ1) is 10.4. The predicted octanol–water partition coefficient (Wildman–Crippen LogP) is 3.33. The Hall–Kier alpha value is -1.81. The highest BCUT2D eigenvalue weighted by Gasteiger charge is 2.31. The summed E-state index contributed by atoms with van der Waals surface area (Å²) < 4.78 is 2.07. The van der Waals surface area contributed by atoms with E-state index in [9.17, 15) is 4.79 Å². The zero-order valence-electron chi connectivity index (χ0n) is 13.3. The lowest BCUT2D eigenvalue weighted by atomic mass is 9.83. The van der Waals surface area contributed by atoms with E-state index in [2.05, 4.69) is 14.9 Å². The van der Waals surface area contributed by atoms with E-state index >= 15 is 0 Å². The van der Waals surface area contributed by atoms with Crippen LogP contribution in [0.4, 0.5) is 0 Å². The molecule has 118 valence electrons. The fourth-order valence-corrected chi connectivity index (χ4v) is 2.77. The van der Waals surface area contributed by atoms with Crippen LogP contribution in [0.1, 0.15) is 31.7 Å². The highest BCUT2D eigenvalue weighted by Crippen LogP contribution is 2.29. The van der Waals surface area contributed by atoms with Crippen LogP contribution in [0.5, 0.6) is 0 Å². The maximum absolute atomic E-state index is 12.5. The smallest absolute Gasteiger partial charge is 0.230 e. The average molecular weight is 320 g/mol. The van der Waals surface area contributed by atoms with E-state index in [4.69, 9.17) is 11.6 Å². The van der Waals surface area contributed by atoms with Gasteiger partial charge in [-0.3, -0.25) is 4.79 Å². The Balaban J connectivity index is 1.89. The number of aromatic nitrogens is 2. The molecule has 22 heavy (non-hydrogen) atoms. The van der Waals surface area contributed by atoms with Crippen molar-refractivity contribution < 1.29 is 4.79 Å². The SMILES string of the molecule is Cc1nccn1CCCNC(=O)C(C)(C)c1ccccc1Cl. The number of carbonyl (C=O) groups excluding carboxylic acids is 1. The van der Waals surface area contributed by atoms with Crippen LogP contribution in [-0.4, -0.2) is 22.0 Å². The standard InChI is InChI=1S/C17H22ClN3O/c1-13-19-10-12-21(13)11-6-9-20-16(22)17(2,3)14-7-4-5-8-15(14)18/h4-5,7-8,10,12H,6,9,11H2,1-3H3,(H,20,22). The molecule has 1 aromatic carbocycles. The molecule has 4 nitrogen and oxygen atoms in total. The van der Waals surface area contributed by atoms with Crippen LogP contribution in [0, 0.1) is 6.92 Å². The highest BCUT2D eigenvalue weighted by molar-refractivity contribution is 6.31. The molecular weight excluding hydrogens is 298 g/mol. The zero-order valence-corrected chi connectivity index (χ0v) is 14.0. The molecule has 2 aromatic rings. The Morgan fingerprint density at radius 3 is 2.73 bits per heavy atom. The van der Waals surface area contributed by atoms with Gasteiger partial charge in [0.2, 0.25) is 5.91 Å². The van der Waals surface area contributed by atoms with E-state index in [0.717, 1.165) is 24.4 Å². The Bertz CT molecular complexity index is 649. The summed E-state index contributed by atoms with van der Waals surface area (Å²) >= 11 is 6.21. The van der Waals surface area contributed by atoms with E-state index in [-0.39, 0.29) is 5.91 Å². The van der Waals surface area contributed by atoms with Crippen LogP contribution in [0.3, 0.4) is 0 Å². The quantitative estimate of drug-likeness (QED) is 0.830. The molecule has 0 aliphatic rings. The summed E-state index contributed by atoms with van der Waals surface area (Å²) in [6.07, 6.45) is 4.60. The van der Waals surface area contributed by atoms with Crippen LogP contribution in [0.25, 0.3) is 0 Å². The average Bonchev–Trinajstić information content (AvgIpc) is 2.89. The molecular formula is C17H22ClN3O. The lowest BCUT2D eigenvalue weighted by Gasteiger charge is -2.25. The highest BCUT2D eigenvalue weighted by atomic mass is 35.5. The van der Waals surface area contributed by atoms with Gasteiger partial charge in [-0.1, -0.05) is 29.8 Å². The minimum absolute atomic E-state index is 0.0112. The summed E-state index contributed by atoms with van der Waals surface area (Å²) in [5, 5.41) is 3.62. The van der Waals surface area contributed by atoms with E-state index in [1.54, 1.807) is 6.20 Å². The van der Waals surface area contributed by atoms with Crippen molar-refractivity contribution in [2.75, 3.05) is 6.54 Å². The van der Waals surface area contributed by atoms with Crippen molar-refractivity contribution in [2.24, 2.45) is 0 Å². The number of hydrogen-bond acceptors (Lipinski definition) is 2. The number of aryl methyl sites for hydroxylation is 2. The zero-order chi connectivity index (χ0) is 16.2. The number of imidazole rings is 1. The third-order valence-corrected chi connectivity index (χ3v) is 4.23. The molecule has 1 N–H and O–H groups in total. The summed E-state index contributed by atoms with van der Waals surface area (Å²) in [7, 11) is 0. The van der Waals surface area contributed by atoms with Crippen molar-refractivity contribution in [3.63, 3.8) is 0 Å². The number of nitrogens with zero attached hydrogens (tertiary/aromatic N) is 2. The topological polar surface area (TPSA) is 46.9 Å². The predicted molar refractivity (Wildman–Crippen MR) is 89.1 cm³/mol. The molecule has 0 radical (unpaired) electrons. The Morgan fingerprint density at radius 1 is 1.36 bits per heavy atom. The van der Waals surface area contributed by atoms with Gasteiger partial charge in [0.1, 0.15) is 5.82 Å². The molecule has 1 heterocycles. The second-order valence-electron chi connectivity index (χ2n) is 5.88. The minimum atomic E-state index is -0.650. The number of halogens is 1. The summed E-state index contributed by atoms with van der Waals surface area (Å²) in [4.78, 5) is 16.6. The lowest BCUT2D eigenvalue weighted by Crippen LogP contribution is -2.40. The van der Waals surface area contributed by atoms with E-state index in [1.165, 1.54) is 0 Å². The third kappa shape index (κ3) is 3.69. The number of hydrogen-bond donors (Lipinski definition) is 1. The van der Waals surface area contributed by atoms with Gasteiger partial charge in [0.05, 0.1) is 5.41 Å². The number of rotatable bonds is 6. The summed E-state index contributed by atoms with van der Waals surface area (Å²) in [5.74, 6) is 0.977. The molecule has 0 bridgehead atoms. The van der Waals surface area contributed by atoms with Gasteiger partial charge in [-0.05, 0) is 38.8 Å². The van der Waals surface area contributed by atoms with Crippen LogP contribution in [-0.2, 0) is 16.8 Å². The normalized spacial score (nSPS) is 11.5. The van der Waals surface area contributed by atoms with Crippen LogP contribution >= 0.6 is 11.6 Å². The van der Waals surface area contributed by atoms with Gasteiger partial charge >= 0.3 is 0 Å². The lowest BCUT2D eigenvalue weighted by molar-refractivity contribution is -0.125. The maximum Gasteiger partial charge on any atom is 0.230 e. The minimum Gasteiger partial charge on any atom is -0.355 e. The van der Waals surface area contributed by atoms with Crippen LogP contribution in [0.2, 0.25) is 5.02 Å². The molecule has 1 amide bonds. The van der Waals surface area contributed by atoms with Gasteiger partial charge < -0.3 is 9.88 Å². The molecule has 5 heteroatoms. The van der Waals surface area contributed by atoms with Gasteiger partial charge in [-0.15, -0.1) is 0 Å². The van der Waals surface area contributed by atoms with Crippen molar-refractivity contribution in [3.8, 4) is 0 Å². The molecule has 1 aromatic heterocycles. The Kier molecular flexibility index (Phi) is 5.24. The second-order valence-corrected chi connectivity index (χ2v) is 6.29. The van der Waals surface area contributed by atoms with Crippen molar-refractivity contribution in [2.45, 2.75) is 39.2 Å². The maximum atomic E-state index is 12.5. The Labute approximate surface area is 136 Å². The summed E-state index contributed by atoms with van der Waals surface area (Å²) in [5.41, 5.74) is 0.197. The van der Waals surface area contributed by atoms with Crippen molar-refractivity contribution in [1.29, 1.82) is 0 Å². The van der Waals surface area contributed by atoms with Gasteiger partial charge in [-0.2, -0.15) is 0 Å². The first kappa shape index (κ1) is 16.6. The van der Waals surface area contributed by atoms with Gasteiger partial charge in [-0.25, -0.2) is 4.98 Å². The van der Waals surface area contributed by atoms with Crippen molar-refractivity contribution in [1.82, 2.24) is 14.9 Å². The molecule has 0 fully saturated rings. The fourth-order valence-electron chi connectivity index (χ4n) is 2.40. The van der Waals surface area contributed by atoms with Gasteiger partial charge in [0, 0.05) is 30.5 Å². The third-order valence-electron chi connectivity index (χ3n) is 3.90.